The first-order valence-electron chi connectivity index (χ1n) is 3.67. The number of aromatic nitrogens is 2. The molecule has 0 aliphatic rings. The van der Waals surface area contributed by atoms with Crippen LogP contribution in [-0.4, -0.2) is 14.9 Å². The van der Waals surface area contributed by atoms with Crippen LogP contribution < -0.4 is 0 Å². The van der Waals surface area contributed by atoms with E-state index < -0.39 is 0 Å². The average Bonchev–Trinajstić information content (AvgIpc) is 2.36. The van der Waals surface area contributed by atoms with E-state index in [0.717, 1.165) is 0 Å². The predicted molar refractivity (Wildman–Crippen MR) is 43.4 cm³/mol. The van der Waals surface area contributed by atoms with Crippen molar-refractivity contribution in [3.05, 3.63) is 12.4 Å². The summed E-state index contributed by atoms with van der Waals surface area (Å²) < 4.78 is 1.59. The van der Waals surface area contributed by atoms with E-state index in [2.05, 4.69) is 11.2 Å². The van der Waals surface area contributed by atoms with E-state index in [4.69, 9.17) is 10.4 Å². The van der Waals surface area contributed by atoms with Crippen molar-refractivity contribution < 1.29 is 5.11 Å². The van der Waals surface area contributed by atoms with Gasteiger partial charge in [-0.3, -0.25) is 4.68 Å². The number of hydrogen-bond donors (Lipinski definition) is 1. The Balaban J connectivity index is 2.90. The molecule has 0 amide bonds. The van der Waals surface area contributed by atoms with Crippen LogP contribution in [0.4, 0.5) is 0 Å². The molecular formula is C8H11N3O. The summed E-state index contributed by atoms with van der Waals surface area (Å²) in [5.41, 5.74) is -0.351. The standard InChI is InChI=1S/C8H11N3O/c1-8(2,3-4-9)11-6-7(12)5-10-11/h5-6,12H,3H2,1-2H3. The summed E-state index contributed by atoms with van der Waals surface area (Å²) in [4.78, 5) is 0. The lowest BCUT2D eigenvalue weighted by Gasteiger charge is -2.21. The van der Waals surface area contributed by atoms with E-state index in [0.29, 0.717) is 6.42 Å². The molecular weight excluding hydrogens is 154 g/mol. The monoisotopic (exact) mass is 165 g/mol. The highest BCUT2D eigenvalue weighted by Gasteiger charge is 2.20. The molecule has 0 saturated heterocycles. The normalized spacial score (nSPS) is 11.1. The molecule has 0 atom stereocenters. The Morgan fingerprint density at radius 1 is 1.75 bits per heavy atom. The topological polar surface area (TPSA) is 61.8 Å². The molecule has 0 fully saturated rings. The van der Waals surface area contributed by atoms with Crippen LogP contribution in [0.25, 0.3) is 0 Å². The molecule has 0 saturated carbocycles. The molecule has 0 bridgehead atoms. The summed E-state index contributed by atoms with van der Waals surface area (Å²) >= 11 is 0. The van der Waals surface area contributed by atoms with Crippen LogP contribution in [0.1, 0.15) is 20.3 Å². The molecule has 4 nitrogen and oxygen atoms in total. The maximum Gasteiger partial charge on any atom is 0.153 e. The number of nitriles is 1. The fourth-order valence-electron chi connectivity index (χ4n) is 0.919. The van der Waals surface area contributed by atoms with Crippen LogP contribution in [0, 0.1) is 11.3 Å². The second-order valence-corrected chi connectivity index (χ2v) is 3.29. The first-order chi connectivity index (χ1) is 5.56. The summed E-state index contributed by atoms with van der Waals surface area (Å²) in [6, 6.07) is 2.07. The molecule has 0 aliphatic heterocycles. The van der Waals surface area contributed by atoms with Crippen molar-refractivity contribution in [2.45, 2.75) is 25.8 Å². The van der Waals surface area contributed by atoms with Crippen LogP contribution in [0.2, 0.25) is 0 Å². The molecule has 4 heteroatoms. The summed E-state index contributed by atoms with van der Waals surface area (Å²) in [7, 11) is 0. The average molecular weight is 165 g/mol. The van der Waals surface area contributed by atoms with Crippen molar-refractivity contribution in [1.29, 1.82) is 5.26 Å². The van der Waals surface area contributed by atoms with Crippen LogP contribution in [0.15, 0.2) is 12.4 Å². The van der Waals surface area contributed by atoms with Crippen molar-refractivity contribution in [1.82, 2.24) is 9.78 Å². The van der Waals surface area contributed by atoms with E-state index in [9.17, 15) is 0 Å². The first-order valence-corrected chi connectivity index (χ1v) is 3.67. The van der Waals surface area contributed by atoms with Gasteiger partial charge in [0.05, 0.1) is 30.4 Å². The first kappa shape index (κ1) is 8.60. The summed E-state index contributed by atoms with van der Waals surface area (Å²) in [6.07, 6.45) is 3.24. The van der Waals surface area contributed by atoms with Gasteiger partial charge >= 0.3 is 0 Å². The lowest BCUT2D eigenvalue weighted by Crippen LogP contribution is -2.25. The van der Waals surface area contributed by atoms with Gasteiger partial charge in [0, 0.05) is 0 Å². The molecule has 1 heterocycles. The Hall–Kier alpha value is -1.50. The Bertz CT molecular complexity index is 308. The van der Waals surface area contributed by atoms with Gasteiger partial charge in [0.15, 0.2) is 5.75 Å². The minimum atomic E-state index is -0.351. The van der Waals surface area contributed by atoms with Gasteiger partial charge in [0.1, 0.15) is 0 Å². The Morgan fingerprint density at radius 3 is 2.83 bits per heavy atom. The highest BCUT2D eigenvalue weighted by atomic mass is 16.3. The zero-order chi connectivity index (χ0) is 9.19. The molecule has 0 radical (unpaired) electrons. The van der Waals surface area contributed by atoms with Gasteiger partial charge in [-0.2, -0.15) is 10.4 Å². The van der Waals surface area contributed by atoms with E-state index in [1.54, 1.807) is 4.68 Å². The molecule has 0 aromatic carbocycles. The molecule has 12 heavy (non-hydrogen) atoms. The number of hydrogen-bond acceptors (Lipinski definition) is 3. The van der Waals surface area contributed by atoms with Crippen LogP contribution in [-0.2, 0) is 5.54 Å². The third-order valence-corrected chi connectivity index (χ3v) is 1.70. The highest BCUT2D eigenvalue weighted by molar-refractivity contribution is 5.10. The third-order valence-electron chi connectivity index (χ3n) is 1.70. The minimum Gasteiger partial charge on any atom is -0.505 e. The number of aromatic hydroxyl groups is 1. The fourth-order valence-corrected chi connectivity index (χ4v) is 0.919. The van der Waals surface area contributed by atoms with Crippen molar-refractivity contribution >= 4 is 0 Å². The third kappa shape index (κ3) is 1.56. The minimum absolute atomic E-state index is 0.126. The van der Waals surface area contributed by atoms with Crippen LogP contribution in [0.3, 0.4) is 0 Å². The second-order valence-electron chi connectivity index (χ2n) is 3.29. The molecule has 0 spiro atoms. The van der Waals surface area contributed by atoms with E-state index >= 15 is 0 Å². The molecule has 1 aromatic heterocycles. The molecule has 64 valence electrons. The lowest BCUT2D eigenvalue weighted by atomic mass is 10.0. The van der Waals surface area contributed by atoms with Crippen molar-refractivity contribution in [2.24, 2.45) is 0 Å². The van der Waals surface area contributed by atoms with Gasteiger partial charge < -0.3 is 5.11 Å². The van der Waals surface area contributed by atoms with Crippen molar-refractivity contribution in [3.63, 3.8) is 0 Å². The lowest BCUT2D eigenvalue weighted by molar-refractivity contribution is 0.324. The van der Waals surface area contributed by atoms with Gasteiger partial charge in [-0.25, -0.2) is 0 Å². The van der Waals surface area contributed by atoms with Gasteiger partial charge in [-0.1, -0.05) is 0 Å². The van der Waals surface area contributed by atoms with Gasteiger partial charge in [0.2, 0.25) is 0 Å². The zero-order valence-electron chi connectivity index (χ0n) is 7.15. The zero-order valence-corrected chi connectivity index (χ0v) is 7.15. The van der Waals surface area contributed by atoms with E-state index in [-0.39, 0.29) is 11.3 Å². The number of nitrogens with zero attached hydrogens (tertiary/aromatic N) is 3. The predicted octanol–water partition coefficient (Wildman–Crippen LogP) is 1.24. The summed E-state index contributed by atoms with van der Waals surface area (Å²) in [5, 5.41) is 21.5. The molecule has 1 aromatic rings. The van der Waals surface area contributed by atoms with E-state index in [1.807, 2.05) is 13.8 Å². The van der Waals surface area contributed by atoms with Crippen molar-refractivity contribution in [2.75, 3.05) is 0 Å². The number of rotatable bonds is 2. The van der Waals surface area contributed by atoms with Crippen molar-refractivity contribution in [3.8, 4) is 11.8 Å². The maximum atomic E-state index is 9.02. The molecule has 0 aliphatic carbocycles. The van der Waals surface area contributed by atoms with Gasteiger partial charge in [0.25, 0.3) is 0 Å². The van der Waals surface area contributed by atoms with E-state index in [1.165, 1.54) is 12.4 Å². The second kappa shape index (κ2) is 2.86. The fraction of sp³-hybridized carbons (Fsp3) is 0.500. The largest absolute Gasteiger partial charge is 0.505 e. The van der Waals surface area contributed by atoms with Crippen LogP contribution >= 0.6 is 0 Å². The quantitative estimate of drug-likeness (QED) is 0.717. The van der Waals surface area contributed by atoms with Gasteiger partial charge in [-0.15, -0.1) is 0 Å². The summed E-state index contributed by atoms with van der Waals surface area (Å²) in [6.45, 7) is 3.78. The Labute approximate surface area is 71.1 Å². The summed E-state index contributed by atoms with van der Waals surface area (Å²) in [5.74, 6) is 0.126. The molecule has 1 N–H and O–H groups in total. The highest BCUT2D eigenvalue weighted by Crippen LogP contribution is 2.20. The molecule has 1 rings (SSSR count). The SMILES string of the molecule is CC(C)(CC#N)n1cc(O)cn1. The molecule has 0 unspecified atom stereocenters. The van der Waals surface area contributed by atoms with Crippen LogP contribution in [0.5, 0.6) is 5.75 Å². The Morgan fingerprint density at radius 2 is 2.42 bits per heavy atom. The van der Waals surface area contributed by atoms with Gasteiger partial charge in [-0.05, 0) is 13.8 Å². The smallest absolute Gasteiger partial charge is 0.153 e. The Kier molecular flexibility index (Phi) is 2.05. The maximum absolute atomic E-state index is 9.02.